The number of ether oxygens (including phenoxy) is 2. The van der Waals surface area contributed by atoms with Crippen LogP contribution in [0, 0.1) is 23.2 Å². The number of imidazole rings is 2. The van der Waals surface area contributed by atoms with Gasteiger partial charge in [0.2, 0.25) is 0 Å². The molecule has 2 aliphatic heterocycles. The van der Waals surface area contributed by atoms with Gasteiger partial charge < -0.3 is 29.6 Å². The summed E-state index contributed by atoms with van der Waals surface area (Å²) in [6, 6.07) is 18.5. The van der Waals surface area contributed by atoms with Gasteiger partial charge >= 0.3 is 7.75 Å². The van der Waals surface area contributed by atoms with Gasteiger partial charge in [-0.3, -0.25) is 27.8 Å². The van der Waals surface area contributed by atoms with Crippen molar-refractivity contribution in [1.29, 1.82) is 5.26 Å². The van der Waals surface area contributed by atoms with Crippen molar-refractivity contribution in [2.75, 3.05) is 30.5 Å². The number of rotatable bonds is 17. The van der Waals surface area contributed by atoms with Crippen LogP contribution in [0.5, 0.6) is 0 Å². The topological polar surface area (TPSA) is 265 Å². The first-order valence-electron chi connectivity index (χ1n) is 22.2. The van der Waals surface area contributed by atoms with Crippen molar-refractivity contribution in [3.05, 3.63) is 97.1 Å². The van der Waals surface area contributed by atoms with Crippen molar-refractivity contribution in [3.8, 4) is 6.07 Å². The Hall–Kier alpha value is -5.86. The molecule has 4 N–H and O–H groups in total. The lowest BCUT2D eigenvalue weighted by atomic mass is 9.93. The summed E-state index contributed by atoms with van der Waals surface area (Å²) in [7, 11) is -7.06. The maximum absolute atomic E-state index is 15.1. The third-order valence-electron chi connectivity index (χ3n) is 12.9. The Morgan fingerprint density at radius 1 is 0.794 bits per heavy atom. The highest BCUT2D eigenvalue weighted by Crippen LogP contribution is 2.51. The summed E-state index contributed by atoms with van der Waals surface area (Å²) < 4.78 is 51.0. The number of benzene rings is 2. The SMILES string of the molecule is C[C@@H]1[C@H](C)[C@@H](COP(=O)(N[C@H]2[C@@H](O[Si](C)(C)C(C)(C)C)[C@H](n3cnc4c(NC(=O)c5ccccc5)ncnc43)O[C@@H]2CO)OCCC#N)O[C@H]1n1cnc2c(NC(=O)c3ccccc3)ncnc21. The van der Waals surface area contributed by atoms with E-state index in [1.54, 1.807) is 64.0 Å². The molecule has 2 fully saturated rings. The van der Waals surface area contributed by atoms with Crippen LogP contribution in [0.15, 0.2) is 86.0 Å². The number of aliphatic hydroxyl groups excluding tert-OH is 1. The number of carbonyl (C=O) groups excluding carboxylic acids is 2. The van der Waals surface area contributed by atoms with E-state index in [1.165, 1.54) is 19.0 Å². The van der Waals surface area contributed by atoms with E-state index in [9.17, 15) is 20.0 Å². The molecular formula is C45H55N12O9PSi. The summed E-state index contributed by atoms with van der Waals surface area (Å²) in [5.74, 6) is -0.603. The summed E-state index contributed by atoms with van der Waals surface area (Å²) in [4.78, 5) is 52.9. The van der Waals surface area contributed by atoms with Crippen LogP contribution in [0.2, 0.25) is 18.1 Å². The number of hydrogen-bond donors (Lipinski definition) is 4. The Kier molecular flexibility index (Phi) is 14.3. The predicted octanol–water partition coefficient (Wildman–Crippen LogP) is 6.63. The molecule has 6 heterocycles. The van der Waals surface area contributed by atoms with Crippen molar-refractivity contribution in [1.82, 2.24) is 44.1 Å². The lowest BCUT2D eigenvalue weighted by Gasteiger charge is -2.41. The van der Waals surface area contributed by atoms with Crippen molar-refractivity contribution in [3.63, 3.8) is 0 Å². The van der Waals surface area contributed by atoms with Gasteiger partial charge in [-0.2, -0.15) is 5.26 Å². The lowest BCUT2D eigenvalue weighted by molar-refractivity contribution is -0.0464. The van der Waals surface area contributed by atoms with Gasteiger partial charge in [-0.1, -0.05) is 71.0 Å². The van der Waals surface area contributed by atoms with Gasteiger partial charge in [-0.15, -0.1) is 0 Å². The molecule has 0 saturated carbocycles. The zero-order valence-corrected chi connectivity index (χ0v) is 40.6. The van der Waals surface area contributed by atoms with Gasteiger partial charge in [-0.25, -0.2) is 39.6 Å². The Labute approximate surface area is 393 Å². The molecule has 0 bridgehead atoms. The number of nitriles is 1. The number of aromatic nitrogens is 8. The van der Waals surface area contributed by atoms with E-state index in [-0.39, 0.29) is 65.5 Å². The number of amides is 2. The van der Waals surface area contributed by atoms with Crippen LogP contribution in [0.4, 0.5) is 11.6 Å². The fraction of sp³-hybridized carbons (Fsp3) is 0.444. The highest BCUT2D eigenvalue weighted by atomic mass is 31.2. The Bertz CT molecular complexity index is 2840. The number of nitrogens with zero attached hydrogens (tertiary/aromatic N) is 9. The van der Waals surface area contributed by atoms with Gasteiger partial charge in [0, 0.05) is 17.0 Å². The van der Waals surface area contributed by atoms with E-state index in [4.69, 9.17) is 22.9 Å². The van der Waals surface area contributed by atoms with Gasteiger partial charge in [-0.05, 0) is 48.3 Å². The third-order valence-corrected chi connectivity index (χ3v) is 19.0. The van der Waals surface area contributed by atoms with Crippen LogP contribution in [-0.2, 0) is 27.5 Å². The minimum absolute atomic E-state index is 0.0885. The second kappa shape index (κ2) is 20.0. The maximum Gasteiger partial charge on any atom is 0.406 e. The molecule has 1 unspecified atom stereocenters. The fourth-order valence-electron chi connectivity index (χ4n) is 7.93. The zero-order chi connectivity index (χ0) is 48.4. The summed E-state index contributed by atoms with van der Waals surface area (Å²) in [5.41, 5.74) is 2.28. The molecule has 21 nitrogen and oxygen atoms in total. The summed E-state index contributed by atoms with van der Waals surface area (Å²) in [6.45, 7) is 13.4. The molecule has 8 rings (SSSR count). The molecule has 23 heteroatoms. The minimum atomic E-state index is -4.37. The number of nitrogens with one attached hydrogen (secondary N) is 3. The van der Waals surface area contributed by atoms with Crippen LogP contribution in [0.1, 0.15) is 74.2 Å². The summed E-state index contributed by atoms with van der Waals surface area (Å²) >= 11 is 0. The van der Waals surface area contributed by atoms with Gasteiger partial charge in [0.05, 0.1) is 57.1 Å². The molecule has 2 aromatic carbocycles. The van der Waals surface area contributed by atoms with Crippen LogP contribution < -0.4 is 15.7 Å². The number of aliphatic hydroxyl groups is 1. The second-order valence-corrected chi connectivity index (χ2v) is 24.8. The third kappa shape index (κ3) is 9.98. The molecule has 358 valence electrons. The smallest absolute Gasteiger partial charge is 0.406 e. The largest absolute Gasteiger partial charge is 0.408 e. The van der Waals surface area contributed by atoms with Crippen molar-refractivity contribution >= 4 is 61.8 Å². The van der Waals surface area contributed by atoms with Gasteiger partial charge in [0.1, 0.15) is 31.1 Å². The summed E-state index contributed by atoms with van der Waals surface area (Å²) in [6.07, 6.45) is 1.47. The van der Waals surface area contributed by atoms with E-state index in [1.807, 2.05) is 32.0 Å². The van der Waals surface area contributed by atoms with Crippen LogP contribution in [-0.4, -0.2) is 108 Å². The van der Waals surface area contributed by atoms with E-state index >= 15 is 4.57 Å². The first kappa shape index (κ1) is 48.6. The van der Waals surface area contributed by atoms with E-state index in [2.05, 4.69) is 79.5 Å². The standard InChI is InChI=1S/C45H55N12O9PSi/c1-27-28(2)43(56-25-51-34-37(47-23-49-39(34)56)53-41(59)29-15-10-8-11-16-29)65-32(27)22-63-67(61,62-20-14-19-46)55-33-31(21-58)64-44(36(33)66-68(6,7)45(3,4)5)57-26-52-35-38(48-24-50-40(35)57)54-42(60)30-17-12-9-13-18-30/h8-13,15-18,23-28,31-33,36,43-44,58H,14,20-22H2,1-7H3,(H,55,61)(H,47,49,53,59)(H,48,50,54,60)/t27-,28+,31+,32+,33+,36+,43+,44+,67?/m0/s1. The van der Waals surface area contributed by atoms with E-state index in [0.29, 0.717) is 27.9 Å². The Morgan fingerprint density at radius 2 is 1.32 bits per heavy atom. The lowest BCUT2D eigenvalue weighted by Crippen LogP contribution is -2.52. The Morgan fingerprint density at radius 3 is 1.84 bits per heavy atom. The molecule has 2 amide bonds. The van der Waals surface area contributed by atoms with Gasteiger partial charge in [0.25, 0.3) is 11.8 Å². The highest BCUT2D eigenvalue weighted by molar-refractivity contribution is 7.51. The zero-order valence-electron chi connectivity index (χ0n) is 38.7. The second-order valence-electron chi connectivity index (χ2n) is 18.3. The molecule has 2 saturated heterocycles. The first-order chi connectivity index (χ1) is 32.5. The quantitative estimate of drug-likeness (QED) is 0.0424. The van der Waals surface area contributed by atoms with E-state index in [0.717, 1.165) is 0 Å². The van der Waals surface area contributed by atoms with Crippen molar-refractivity contribution < 1.29 is 42.2 Å². The molecule has 0 radical (unpaired) electrons. The molecule has 0 aliphatic carbocycles. The number of anilines is 2. The highest BCUT2D eigenvalue weighted by Gasteiger charge is 2.54. The summed E-state index contributed by atoms with van der Waals surface area (Å²) in [5, 5.41) is 28.8. The molecule has 9 atom stereocenters. The average molecular weight is 967 g/mol. The van der Waals surface area contributed by atoms with Crippen LogP contribution in [0.25, 0.3) is 22.3 Å². The number of carbonyl (C=O) groups is 2. The molecule has 6 aromatic rings. The van der Waals surface area contributed by atoms with Crippen molar-refractivity contribution in [2.45, 2.75) is 96.0 Å². The van der Waals surface area contributed by atoms with Gasteiger partial charge in [0.15, 0.2) is 48.5 Å². The minimum Gasteiger partial charge on any atom is -0.408 e. The average Bonchev–Trinajstić information content (AvgIpc) is 4.10. The van der Waals surface area contributed by atoms with E-state index < -0.39 is 59.5 Å². The maximum atomic E-state index is 15.1. The van der Waals surface area contributed by atoms with Crippen LogP contribution in [0.3, 0.4) is 0 Å². The normalized spacial score (nSPS) is 23.9. The predicted molar refractivity (Wildman–Crippen MR) is 251 cm³/mol. The molecule has 68 heavy (non-hydrogen) atoms. The monoisotopic (exact) mass is 966 g/mol. The molecule has 0 spiro atoms. The molecular weight excluding hydrogens is 912 g/mol. The van der Waals surface area contributed by atoms with Crippen molar-refractivity contribution in [2.24, 2.45) is 11.8 Å². The molecule has 2 aliphatic rings. The fourth-order valence-corrected chi connectivity index (χ4v) is 10.8. The Balaban J connectivity index is 1.05. The van der Waals surface area contributed by atoms with Crippen LogP contribution >= 0.6 is 7.75 Å². The number of fused-ring (bicyclic) bond motifs is 2. The first-order valence-corrected chi connectivity index (χ1v) is 26.7. The molecule has 4 aromatic heterocycles. The number of hydrogen-bond acceptors (Lipinski definition) is 16.